The Labute approximate surface area is 156 Å². The highest BCUT2D eigenvalue weighted by atomic mass is 16.5. The van der Waals surface area contributed by atoms with Gasteiger partial charge >= 0.3 is 0 Å². The predicted molar refractivity (Wildman–Crippen MR) is 105 cm³/mol. The highest BCUT2D eigenvalue weighted by Crippen LogP contribution is 2.17. The molecule has 0 aliphatic carbocycles. The van der Waals surface area contributed by atoms with Crippen LogP contribution in [0.3, 0.4) is 0 Å². The molecule has 26 heavy (non-hydrogen) atoms. The first-order valence-electron chi connectivity index (χ1n) is 9.36. The van der Waals surface area contributed by atoms with Crippen LogP contribution >= 0.6 is 0 Å². The number of benzene rings is 1. The molecule has 0 aliphatic heterocycles. The third-order valence-corrected chi connectivity index (χ3v) is 4.45. The van der Waals surface area contributed by atoms with E-state index in [-0.39, 0.29) is 5.91 Å². The summed E-state index contributed by atoms with van der Waals surface area (Å²) in [6.07, 6.45) is 1.19. The van der Waals surface area contributed by atoms with Crippen LogP contribution in [0.4, 0.5) is 0 Å². The summed E-state index contributed by atoms with van der Waals surface area (Å²) in [7, 11) is 0. The van der Waals surface area contributed by atoms with Crippen LogP contribution < -0.4 is 10.1 Å². The van der Waals surface area contributed by atoms with E-state index in [0.29, 0.717) is 25.5 Å². The number of aryl methyl sites for hydroxylation is 2. The zero-order chi connectivity index (χ0) is 19.1. The summed E-state index contributed by atoms with van der Waals surface area (Å²) in [6.45, 7) is 12.4. The standard InChI is InChI=1S/C21H31N3O2/c1-15(2)14-24-18(5)19(17(4)23-24)10-11-21(25)22-12-13-26-20-9-7-6-8-16(20)3/h6-9,15H,10-14H2,1-5H3,(H,22,25). The van der Waals surface area contributed by atoms with Crippen LogP contribution in [-0.2, 0) is 17.8 Å². The largest absolute Gasteiger partial charge is 0.491 e. The molecule has 5 heteroatoms. The topological polar surface area (TPSA) is 56.1 Å². The molecule has 0 atom stereocenters. The Bertz CT molecular complexity index is 735. The summed E-state index contributed by atoms with van der Waals surface area (Å²) in [6, 6.07) is 7.89. The minimum absolute atomic E-state index is 0.0498. The first-order valence-corrected chi connectivity index (χ1v) is 9.36. The lowest BCUT2D eigenvalue weighted by Gasteiger charge is -2.10. The fourth-order valence-corrected chi connectivity index (χ4v) is 3.02. The fraction of sp³-hybridized carbons (Fsp3) is 0.524. The van der Waals surface area contributed by atoms with Crippen molar-refractivity contribution in [2.75, 3.05) is 13.2 Å². The number of amides is 1. The molecule has 1 aromatic heterocycles. The Morgan fingerprint density at radius 2 is 1.96 bits per heavy atom. The number of carbonyl (C=O) groups is 1. The molecule has 0 saturated carbocycles. The lowest BCUT2D eigenvalue weighted by atomic mass is 10.1. The van der Waals surface area contributed by atoms with Crippen LogP contribution in [0.5, 0.6) is 5.75 Å². The van der Waals surface area contributed by atoms with Gasteiger partial charge in [-0.1, -0.05) is 32.0 Å². The third-order valence-electron chi connectivity index (χ3n) is 4.45. The van der Waals surface area contributed by atoms with Gasteiger partial charge in [-0.2, -0.15) is 5.10 Å². The molecular formula is C21H31N3O2. The normalized spacial score (nSPS) is 11.0. The van der Waals surface area contributed by atoms with Crippen molar-refractivity contribution in [1.29, 1.82) is 0 Å². The number of ether oxygens (including phenoxy) is 1. The zero-order valence-electron chi connectivity index (χ0n) is 16.6. The van der Waals surface area contributed by atoms with Crippen molar-refractivity contribution >= 4 is 5.91 Å². The summed E-state index contributed by atoms with van der Waals surface area (Å²) >= 11 is 0. The van der Waals surface area contributed by atoms with Gasteiger partial charge in [0.05, 0.1) is 12.2 Å². The molecule has 0 unspecified atom stereocenters. The molecule has 5 nitrogen and oxygen atoms in total. The van der Waals surface area contributed by atoms with Crippen LogP contribution in [0.1, 0.15) is 42.8 Å². The maximum absolute atomic E-state index is 12.1. The van der Waals surface area contributed by atoms with Gasteiger partial charge in [0.1, 0.15) is 12.4 Å². The summed E-state index contributed by atoms with van der Waals surface area (Å²) < 4.78 is 7.76. The molecular weight excluding hydrogens is 326 g/mol. The number of aromatic nitrogens is 2. The average Bonchev–Trinajstić information content (AvgIpc) is 2.84. The number of hydrogen-bond acceptors (Lipinski definition) is 3. The van der Waals surface area contributed by atoms with Gasteiger partial charge in [0.25, 0.3) is 0 Å². The quantitative estimate of drug-likeness (QED) is 0.698. The fourth-order valence-electron chi connectivity index (χ4n) is 3.02. The zero-order valence-corrected chi connectivity index (χ0v) is 16.6. The third kappa shape index (κ3) is 5.61. The molecule has 0 fully saturated rings. The van der Waals surface area contributed by atoms with E-state index in [1.54, 1.807) is 0 Å². The molecule has 0 spiro atoms. The number of nitrogens with one attached hydrogen (secondary N) is 1. The monoisotopic (exact) mass is 357 g/mol. The van der Waals surface area contributed by atoms with Gasteiger partial charge in [-0.3, -0.25) is 9.48 Å². The van der Waals surface area contributed by atoms with Gasteiger partial charge in [0, 0.05) is 18.7 Å². The van der Waals surface area contributed by atoms with Crippen molar-refractivity contribution in [3.63, 3.8) is 0 Å². The SMILES string of the molecule is Cc1ccccc1OCCNC(=O)CCc1c(C)nn(CC(C)C)c1C. The number of rotatable bonds is 9. The van der Waals surface area contributed by atoms with E-state index in [9.17, 15) is 4.79 Å². The summed E-state index contributed by atoms with van der Waals surface area (Å²) in [5.74, 6) is 1.47. The van der Waals surface area contributed by atoms with Gasteiger partial charge in [-0.25, -0.2) is 0 Å². The number of nitrogens with zero attached hydrogens (tertiary/aromatic N) is 2. The summed E-state index contributed by atoms with van der Waals surface area (Å²) in [5.41, 5.74) is 4.49. The lowest BCUT2D eigenvalue weighted by Crippen LogP contribution is -2.28. The molecule has 1 amide bonds. The highest BCUT2D eigenvalue weighted by molar-refractivity contribution is 5.76. The van der Waals surface area contributed by atoms with Crippen molar-refractivity contribution < 1.29 is 9.53 Å². The van der Waals surface area contributed by atoms with E-state index in [1.807, 2.05) is 38.1 Å². The van der Waals surface area contributed by atoms with E-state index in [2.05, 4.69) is 35.9 Å². The molecule has 1 N–H and O–H groups in total. The summed E-state index contributed by atoms with van der Waals surface area (Å²) in [5, 5.41) is 7.54. The molecule has 0 bridgehead atoms. The molecule has 0 radical (unpaired) electrons. The highest BCUT2D eigenvalue weighted by Gasteiger charge is 2.13. The predicted octanol–water partition coefficient (Wildman–Crippen LogP) is 3.59. The maximum atomic E-state index is 12.1. The molecule has 1 heterocycles. The van der Waals surface area contributed by atoms with Gasteiger partial charge in [0.2, 0.25) is 5.91 Å². The van der Waals surface area contributed by atoms with E-state index in [0.717, 1.165) is 30.0 Å². The second kappa shape index (κ2) is 9.41. The van der Waals surface area contributed by atoms with Crippen LogP contribution in [0.15, 0.2) is 24.3 Å². The van der Waals surface area contributed by atoms with Crippen molar-refractivity contribution in [2.24, 2.45) is 5.92 Å². The van der Waals surface area contributed by atoms with Gasteiger partial charge in [-0.15, -0.1) is 0 Å². The molecule has 2 aromatic rings. The second-order valence-electron chi connectivity index (χ2n) is 7.19. The average molecular weight is 357 g/mol. The maximum Gasteiger partial charge on any atom is 0.220 e. The first-order chi connectivity index (χ1) is 12.4. The minimum atomic E-state index is 0.0498. The number of carbonyl (C=O) groups excluding carboxylic acids is 1. The van der Waals surface area contributed by atoms with Crippen LogP contribution in [0, 0.1) is 26.7 Å². The van der Waals surface area contributed by atoms with Crippen molar-refractivity contribution in [3.05, 3.63) is 46.8 Å². The van der Waals surface area contributed by atoms with Crippen molar-refractivity contribution in [3.8, 4) is 5.75 Å². The number of para-hydroxylation sites is 1. The second-order valence-corrected chi connectivity index (χ2v) is 7.19. The van der Waals surface area contributed by atoms with Crippen LogP contribution in [-0.4, -0.2) is 28.8 Å². The van der Waals surface area contributed by atoms with Gasteiger partial charge in [-0.05, 0) is 50.3 Å². The van der Waals surface area contributed by atoms with Gasteiger partial charge < -0.3 is 10.1 Å². The van der Waals surface area contributed by atoms with E-state index < -0.39 is 0 Å². The minimum Gasteiger partial charge on any atom is -0.491 e. The first kappa shape index (κ1) is 20.0. The Balaban J connectivity index is 1.75. The Kier molecular flexibility index (Phi) is 7.25. The molecule has 0 saturated heterocycles. The van der Waals surface area contributed by atoms with Crippen molar-refractivity contribution in [2.45, 2.75) is 54.0 Å². The van der Waals surface area contributed by atoms with E-state index >= 15 is 0 Å². The van der Waals surface area contributed by atoms with Crippen molar-refractivity contribution in [1.82, 2.24) is 15.1 Å². The Hall–Kier alpha value is -2.30. The van der Waals surface area contributed by atoms with Crippen LogP contribution in [0.2, 0.25) is 0 Å². The van der Waals surface area contributed by atoms with Crippen LogP contribution in [0.25, 0.3) is 0 Å². The lowest BCUT2D eigenvalue weighted by molar-refractivity contribution is -0.121. The van der Waals surface area contributed by atoms with E-state index in [4.69, 9.17) is 4.74 Å². The van der Waals surface area contributed by atoms with E-state index in [1.165, 1.54) is 11.3 Å². The summed E-state index contributed by atoms with van der Waals surface area (Å²) in [4.78, 5) is 12.1. The Morgan fingerprint density at radius 1 is 1.23 bits per heavy atom. The molecule has 0 aliphatic rings. The molecule has 142 valence electrons. The number of hydrogen-bond donors (Lipinski definition) is 1. The van der Waals surface area contributed by atoms with Gasteiger partial charge in [0.15, 0.2) is 0 Å². The smallest absolute Gasteiger partial charge is 0.220 e. The molecule has 2 rings (SSSR count). The Morgan fingerprint density at radius 3 is 2.65 bits per heavy atom. The molecule has 1 aromatic carbocycles.